The molecule has 1 aliphatic carbocycles. The zero-order valence-corrected chi connectivity index (χ0v) is 8.06. The minimum absolute atomic E-state index is 0.948. The average Bonchev–Trinajstić information content (AvgIpc) is 2.26. The molecule has 1 saturated carbocycles. The van der Waals surface area contributed by atoms with E-state index in [1.54, 1.807) is 0 Å². The lowest BCUT2D eigenvalue weighted by molar-refractivity contribution is 0.396. The van der Waals surface area contributed by atoms with E-state index < -0.39 is 0 Å². The summed E-state index contributed by atoms with van der Waals surface area (Å²) in [6, 6.07) is 0. The summed E-state index contributed by atoms with van der Waals surface area (Å²) in [5.41, 5.74) is 0. The second kappa shape index (κ2) is 4.10. The van der Waals surface area contributed by atoms with Crippen LogP contribution in [0.5, 0.6) is 0 Å². The van der Waals surface area contributed by atoms with Gasteiger partial charge in [-0.3, -0.25) is 0 Å². The lowest BCUT2D eigenvalue weighted by Gasteiger charge is -2.14. The summed E-state index contributed by atoms with van der Waals surface area (Å²) < 4.78 is 0. The first-order chi connectivity index (χ1) is 5.24. The second-order valence-electron chi connectivity index (χ2n) is 4.12. The lowest BCUT2D eigenvalue weighted by Crippen LogP contribution is -2.23. The van der Waals surface area contributed by atoms with Crippen LogP contribution in [-0.2, 0) is 0 Å². The van der Waals surface area contributed by atoms with Crippen LogP contribution in [0, 0.1) is 17.8 Å². The third kappa shape index (κ3) is 2.48. The Bertz CT molecular complexity index is 111. The number of hydrogen-bond donors (Lipinski definition) is 1. The summed E-state index contributed by atoms with van der Waals surface area (Å²) >= 11 is 0. The molecule has 1 fully saturated rings. The summed E-state index contributed by atoms with van der Waals surface area (Å²) in [6.45, 7) is 9.32. The first-order valence-electron chi connectivity index (χ1n) is 4.94. The van der Waals surface area contributed by atoms with Gasteiger partial charge in [0.1, 0.15) is 0 Å². The molecule has 0 aromatic rings. The van der Waals surface area contributed by atoms with Gasteiger partial charge in [-0.15, -0.1) is 0 Å². The van der Waals surface area contributed by atoms with Crippen molar-refractivity contribution in [2.24, 2.45) is 17.8 Å². The van der Waals surface area contributed by atoms with Crippen LogP contribution < -0.4 is 5.32 Å². The van der Waals surface area contributed by atoms with Gasteiger partial charge in [-0.1, -0.05) is 20.8 Å². The first kappa shape index (κ1) is 9.05. The van der Waals surface area contributed by atoms with Crippen molar-refractivity contribution >= 4 is 0 Å². The predicted octanol–water partition coefficient (Wildman–Crippen LogP) is 2.28. The highest BCUT2D eigenvalue weighted by atomic mass is 14.8. The number of hydrogen-bond acceptors (Lipinski definition) is 1. The fourth-order valence-corrected chi connectivity index (χ4v) is 2.29. The Hall–Kier alpha value is -0.0400. The van der Waals surface area contributed by atoms with Gasteiger partial charge in [0.15, 0.2) is 0 Å². The Kier molecular flexibility index (Phi) is 3.38. The minimum atomic E-state index is 0.948. The van der Waals surface area contributed by atoms with E-state index in [9.17, 15) is 0 Å². The Balaban J connectivity index is 2.23. The van der Waals surface area contributed by atoms with E-state index in [4.69, 9.17) is 0 Å². The first-order valence-corrected chi connectivity index (χ1v) is 4.94. The molecule has 1 heteroatoms. The maximum absolute atomic E-state index is 3.44. The van der Waals surface area contributed by atoms with Crippen LogP contribution in [0.15, 0.2) is 0 Å². The highest BCUT2D eigenvalue weighted by molar-refractivity contribution is 4.79. The fraction of sp³-hybridized carbons (Fsp3) is 1.00. The minimum Gasteiger partial charge on any atom is -0.317 e. The molecule has 1 aliphatic rings. The monoisotopic (exact) mass is 155 g/mol. The summed E-state index contributed by atoms with van der Waals surface area (Å²) in [6.07, 6.45) is 2.88. The molecule has 1 rings (SSSR count). The van der Waals surface area contributed by atoms with E-state index in [2.05, 4.69) is 26.1 Å². The van der Waals surface area contributed by atoms with E-state index in [1.165, 1.54) is 19.4 Å². The number of nitrogens with one attached hydrogen (secondary N) is 1. The van der Waals surface area contributed by atoms with Crippen LogP contribution >= 0.6 is 0 Å². The van der Waals surface area contributed by atoms with E-state index in [0.29, 0.717) is 0 Å². The molecule has 0 aliphatic heterocycles. The molecule has 66 valence electrons. The maximum Gasteiger partial charge on any atom is -0.00180 e. The van der Waals surface area contributed by atoms with Crippen molar-refractivity contribution in [2.45, 2.75) is 33.6 Å². The Morgan fingerprint density at radius 3 is 2.45 bits per heavy atom. The van der Waals surface area contributed by atoms with E-state index in [1.807, 2.05) is 0 Å². The average molecular weight is 155 g/mol. The second-order valence-corrected chi connectivity index (χ2v) is 4.12. The molecule has 0 spiro atoms. The number of rotatable bonds is 3. The lowest BCUT2D eigenvalue weighted by atomic mass is 9.98. The van der Waals surface area contributed by atoms with Crippen molar-refractivity contribution in [1.29, 1.82) is 0 Å². The molecular weight excluding hydrogens is 134 g/mol. The zero-order valence-electron chi connectivity index (χ0n) is 8.06. The largest absolute Gasteiger partial charge is 0.317 e. The van der Waals surface area contributed by atoms with Gasteiger partial charge in [0, 0.05) is 0 Å². The highest BCUT2D eigenvalue weighted by Crippen LogP contribution is 2.35. The van der Waals surface area contributed by atoms with Gasteiger partial charge in [-0.25, -0.2) is 0 Å². The molecule has 0 bridgehead atoms. The van der Waals surface area contributed by atoms with Gasteiger partial charge in [-0.2, -0.15) is 0 Å². The van der Waals surface area contributed by atoms with Crippen LogP contribution in [-0.4, -0.2) is 13.1 Å². The summed E-state index contributed by atoms with van der Waals surface area (Å²) in [5, 5.41) is 3.44. The molecule has 0 saturated heterocycles. The maximum atomic E-state index is 3.44. The standard InChI is InChI=1S/C10H21N/c1-4-11-7-10-6-8(2)5-9(10)3/h8-11H,4-7H2,1-3H3/t8-,9?,10?/m0/s1. The summed E-state index contributed by atoms with van der Waals surface area (Å²) in [4.78, 5) is 0. The quantitative estimate of drug-likeness (QED) is 0.659. The molecule has 1 nitrogen and oxygen atoms in total. The van der Waals surface area contributed by atoms with Crippen LogP contribution in [0.1, 0.15) is 33.6 Å². The normalized spacial score (nSPS) is 37.9. The van der Waals surface area contributed by atoms with Crippen molar-refractivity contribution in [3.05, 3.63) is 0 Å². The third-order valence-corrected chi connectivity index (χ3v) is 2.94. The van der Waals surface area contributed by atoms with Crippen molar-refractivity contribution in [2.75, 3.05) is 13.1 Å². The highest BCUT2D eigenvalue weighted by Gasteiger charge is 2.27. The van der Waals surface area contributed by atoms with E-state index in [-0.39, 0.29) is 0 Å². The van der Waals surface area contributed by atoms with Gasteiger partial charge in [-0.05, 0) is 43.7 Å². The van der Waals surface area contributed by atoms with Crippen LogP contribution in [0.3, 0.4) is 0 Å². The van der Waals surface area contributed by atoms with Crippen LogP contribution in [0.4, 0.5) is 0 Å². The molecule has 0 aromatic heterocycles. The van der Waals surface area contributed by atoms with Gasteiger partial charge < -0.3 is 5.32 Å². The van der Waals surface area contributed by atoms with Gasteiger partial charge in [0.05, 0.1) is 0 Å². The molecule has 0 heterocycles. The molecule has 3 atom stereocenters. The predicted molar refractivity (Wildman–Crippen MR) is 49.6 cm³/mol. The smallest absolute Gasteiger partial charge is 0.00180 e. The molecule has 0 amide bonds. The third-order valence-electron chi connectivity index (χ3n) is 2.94. The van der Waals surface area contributed by atoms with Crippen LogP contribution in [0.2, 0.25) is 0 Å². The molecule has 1 N–H and O–H groups in total. The van der Waals surface area contributed by atoms with E-state index in [0.717, 1.165) is 24.3 Å². The molecule has 2 unspecified atom stereocenters. The summed E-state index contributed by atoms with van der Waals surface area (Å²) in [7, 11) is 0. The topological polar surface area (TPSA) is 12.0 Å². The fourth-order valence-electron chi connectivity index (χ4n) is 2.29. The Morgan fingerprint density at radius 2 is 2.00 bits per heavy atom. The summed E-state index contributed by atoms with van der Waals surface area (Å²) in [5.74, 6) is 2.86. The van der Waals surface area contributed by atoms with Crippen LogP contribution in [0.25, 0.3) is 0 Å². The van der Waals surface area contributed by atoms with Gasteiger partial charge in [0.2, 0.25) is 0 Å². The van der Waals surface area contributed by atoms with E-state index >= 15 is 0 Å². The Morgan fingerprint density at radius 1 is 1.27 bits per heavy atom. The zero-order chi connectivity index (χ0) is 8.27. The van der Waals surface area contributed by atoms with Gasteiger partial charge in [0.25, 0.3) is 0 Å². The van der Waals surface area contributed by atoms with Crippen molar-refractivity contribution < 1.29 is 0 Å². The molecule has 0 radical (unpaired) electrons. The molecule has 0 aromatic carbocycles. The Labute approximate surface area is 70.6 Å². The van der Waals surface area contributed by atoms with Gasteiger partial charge >= 0.3 is 0 Å². The molecule has 11 heavy (non-hydrogen) atoms. The van der Waals surface area contributed by atoms with Crippen molar-refractivity contribution in [1.82, 2.24) is 5.32 Å². The SMILES string of the molecule is CCNCC1C[C@@H](C)CC1C. The van der Waals surface area contributed by atoms with Crippen molar-refractivity contribution in [3.8, 4) is 0 Å². The molecular formula is C10H21N. The van der Waals surface area contributed by atoms with Crippen molar-refractivity contribution in [3.63, 3.8) is 0 Å².